The van der Waals surface area contributed by atoms with E-state index in [-0.39, 0.29) is 11.7 Å². The van der Waals surface area contributed by atoms with Crippen molar-refractivity contribution in [3.05, 3.63) is 33.9 Å². The lowest BCUT2D eigenvalue weighted by Crippen LogP contribution is -2.53. The predicted octanol–water partition coefficient (Wildman–Crippen LogP) is 1.97. The normalized spacial score (nSPS) is 27.9. The maximum atomic E-state index is 11.1. The van der Waals surface area contributed by atoms with Crippen molar-refractivity contribution in [2.75, 3.05) is 25.0 Å². The number of nitrogens with zero attached hydrogens (tertiary/aromatic N) is 3. The summed E-state index contributed by atoms with van der Waals surface area (Å²) in [7, 11) is 0. The standard InChI is InChI=1S/C14H16N4O2/c15-8-10-1-2-14(18(19)20)12(7-10)16-13-9-17-5-3-11(13)4-6-17/h1-2,7,11,13,16H,3-6,9H2. The highest BCUT2D eigenvalue weighted by Gasteiger charge is 2.34. The van der Waals surface area contributed by atoms with Gasteiger partial charge in [0.15, 0.2) is 0 Å². The Morgan fingerprint density at radius 1 is 1.40 bits per heavy atom. The van der Waals surface area contributed by atoms with Crippen molar-refractivity contribution in [3.63, 3.8) is 0 Å². The lowest BCUT2D eigenvalue weighted by molar-refractivity contribution is -0.384. The minimum absolute atomic E-state index is 0.0421. The zero-order valence-corrected chi connectivity index (χ0v) is 11.1. The molecule has 0 spiro atoms. The molecular weight excluding hydrogens is 256 g/mol. The summed E-state index contributed by atoms with van der Waals surface area (Å²) in [6.45, 7) is 3.19. The molecule has 1 unspecified atom stereocenters. The Hall–Kier alpha value is -2.13. The fourth-order valence-electron chi connectivity index (χ4n) is 3.21. The largest absolute Gasteiger partial charge is 0.375 e. The van der Waals surface area contributed by atoms with Gasteiger partial charge in [-0.15, -0.1) is 0 Å². The summed E-state index contributed by atoms with van der Waals surface area (Å²) in [5, 5.41) is 23.3. The first kappa shape index (κ1) is 12.9. The average Bonchev–Trinajstić information content (AvgIpc) is 2.48. The molecule has 0 amide bonds. The van der Waals surface area contributed by atoms with E-state index in [4.69, 9.17) is 5.26 Å². The summed E-state index contributed by atoms with van der Waals surface area (Å²) in [5.74, 6) is 0.574. The van der Waals surface area contributed by atoms with Gasteiger partial charge in [0.1, 0.15) is 5.69 Å². The van der Waals surface area contributed by atoms with Gasteiger partial charge in [0.05, 0.1) is 16.6 Å². The molecule has 2 bridgehead atoms. The highest BCUT2D eigenvalue weighted by atomic mass is 16.6. The Morgan fingerprint density at radius 2 is 2.15 bits per heavy atom. The fourth-order valence-corrected chi connectivity index (χ4v) is 3.21. The summed E-state index contributed by atoms with van der Waals surface area (Å²) < 4.78 is 0. The van der Waals surface area contributed by atoms with Crippen molar-refractivity contribution in [1.82, 2.24) is 4.90 Å². The van der Waals surface area contributed by atoms with Crippen LogP contribution in [-0.4, -0.2) is 35.5 Å². The van der Waals surface area contributed by atoms with Crippen LogP contribution >= 0.6 is 0 Å². The third-order valence-corrected chi connectivity index (χ3v) is 4.32. The van der Waals surface area contributed by atoms with Crippen LogP contribution in [0.2, 0.25) is 0 Å². The average molecular weight is 272 g/mol. The topological polar surface area (TPSA) is 82.2 Å². The minimum atomic E-state index is -0.398. The molecule has 104 valence electrons. The van der Waals surface area contributed by atoms with Gasteiger partial charge in [-0.1, -0.05) is 0 Å². The molecule has 3 heterocycles. The highest BCUT2D eigenvalue weighted by molar-refractivity contribution is 5.64. The molecule has 3 saturated heterocycles. The van der Waals surface area contributed by atoms with Gasteiger partial charge in [0.25, 0.3) is 5.69 Å². The Bertz CT molecular complexity index is 573. The lowest BCUT2D eigenvalue weighted by Gasteiger charge is -2.45. The van der Waals surface area contributed by atoms with Gasteiger partial charge >= 0.3 is 0 Å². The quantitative estimate of drug-likeness (QED) is 0.672. The highest BCUT2D eigenvalue weighted by Crippen LogP contribution is 2.33. The third-order valence-electron chi connectivity index (χ3n) is 4.32. The van der Waals surface area contributed by atoms with Gasteiger partial charge < -0.3 is 10.2 Å². The molecule has 0 aliphatic carbocycles. The van der Waals surface area contributed by atoms with Crippen molar-refractivity contribution in [2.24, 2.45) is 5.92 Å². The van der Waals surface area contributed by atoms with Gasteiger partial charge in [-0.05, 0) is 44.0 Å². The molecular formula is C14H16N4O2. The van der Waals surface area contributed by atoms with E-state index >= 15 is 0 Å². The summed E-state index contributed by atoms with van der Waals surface area (Å²) in [6.07, 6.45) is 2.28. The Kier molecular flexibility index (Phi) is 3.28. The number of nitriles is 1. The molecule has 0 saturated carbocycles. The molecule has 1 aromatic rings. The molecule has 3 aliphatic heterocycles. The predicted molar refractivity (Wildman–Crippen MR) is 74.4 cm³/mol. The number of hydrogen-bond acceptors (Lipinski definition) is 5. The molecule has 0 aromatic heterocycles. The minimum Gasteiger partial charge on any atom is -0.375 e. The molecule has 0 radical (unpaired) electrons. The second-order valence-corrected chi connectivity index (χ2v) is 5.49. The summed E-state index contributed by atoms with van der Waals surface area (Å²) in [5.41, 5.74) is 0.952. The monoisotopic (exact) mass is 272 g/mol. The van der Waals surface area contributed by atoms with Crippen LogP contribution in [0.3, 0.4) is 0 Å². The SMILES string of the molecule is N#Cc1ccc([N+](=O)[O-])c(NC2CN3CCC2CC3)c1. The van der Waals surface area contributed by atoms with E-state index in [0.717, 1.165) is 32.5 Å². The van der Waals surface area contributed by atoms with E-state index in [1.54, 1.807) is 6.07 Å². The summed E-state index contributed by atoms with van der Waals surface area (Å²) in [6, 6.07) is 6.74. The van der Waals surface area contributed by atoms with E-state index in [1.165, 1.54) is 12.1 Å². The van der Waals surface area contributed by atoms with Gasteiger partial charge in [0, 0.05) is 18.7 Å². The van der Waals surface area contributed by atoms with Crippen LogP contribution in [-0.2, 0) is 0 Å². The third kappa shape index (κ3) is 2.32. The van der Waals surface area contributed by atoms with E-state index < -0.39 is 4.92 Å². The maximum absolute atomic E-state index is 11.1. The molecule has 3 fully saturated rings. The Labute approximate surface area is 117 Å². The second kappa shape index (κ2) is 5.10. The lowest BCUT2D eigenvalue weighted by atomic mass is 9.84. The number of fused-ring (bicyclic) bond motifs is 3. The van der Waals surface area contributed by atoms with Crippen molar-refractivity contribution in [2.45, 2.75) is 18.9 Å². The number of anilines is 1. The number of hydrogen-bond donors (Lipinski definition) is 1. The van der Waals surface area contributed by atoms with Gasteiger partial charge in [-0.2, -0.15) is 5.26 Å². The summed E-state index contributed by atoms with van der Waals surface area (Å²) in [4.78, 5) is 13.1. The Morgan fingerprint density at radius 3 is 2.70 bits per heavy atom. The van der Waals surface area contributed by atoms with E-state index in [1.807, 2.05) is 6.07 Å². The van der Waals surface area contributed by atoms with Crippen molar-refractivity contribution >= 4 is 11.4 Å². The first-order valence-electron chi connectivity index (χ1n) is 6.85. The van der Waals surface area contributed by atoms with Crippen molar-refractivity contribution in [3.8, 4) is 6.07 Å². The molecule has 1 N–H and O–H groups in total. The molecule has 1 atom stereocenters. The van der Waals surface area contributed by atoms with Gasteiger partial charge in [-0.3, -0.25) is 10.1 Å². The van der Waals surface area contributed by atoms with Crippen LogP contribution in [0.5, 0.6) is 0 Å². The smallest absolute Gasteiger partial charge is 0.292 e. The molecule has 20 heavy (non-hydrogen) atoms. The van der Waals surface area contributed by atoms with Crippen LogP contribution in [0.1, 0.15) is 18.4 Å². The number of nitro benzene ring substituents is 1. The number of nitro groups is 1. The Balaban J connectivity index is 1.86. The summed E-state index contributed by atoms with van der Waals surface area (Å²) >= 11 is 0. The zero-order valence-electron chi connectivity index (χ0n) is 11.1. The zero-order chi connectivity index (χ0) is 14.1. The van der Waals surface area contributed by atoms with Crippen molar-refractivity contribution in [1.29, 1.82) is 5.26 Å². The molecule has 1 aromatic carbocycles. The number of rotatable bonds is 3. The molecule has 6 nitrogen and oxygen atoms in total. The van der Waals surface area contributed by atoms with Gasteiger partial charge in [-0.25, -0.2) is 0 Å². The van der Waals surface area contributed by atoms with E-state index in [9.17, 15) is 10.1 Å². The fraction of sp³-hybridized carbons (Fsp3) is 0.500. The molecule has 6 heteroatoms. The van der Waals surface area contributed by atoms with Gasteiger partial charge in [0.2, 0.25) is 0 Å². The first-order valence-corrected chi connectivity index (χ1v) is 6.85. The van der Waals surface area contributed by atoms with E-state index in [2.05, 4.69) is 10.2 Å². The second-order valence-electron chi connectivity index (χ2n) is 5.49. The van der Waals surface area contributed by atoms with Crippen molar-refractivity contribution < 1.29 is 4.92 Å². The molecule has 3 aliphatic rings. The number of piperidine rings is 3. The molecule has 4 rings (SSSR count). The van der Waals surface area contributed by atoms with Crippen LogP contribution in [0.15, 0.2) is 18.2 Å². The van der Waals surface area contributed by atoms with Crippen LogP contribution in [0.25, 0.3) is 0 Å². The first-order chi connectivity index (χ1) is 9.67. The number of benzene rings is 1. The van der Waals surface area contributed by atoms with Crippen LogP contribution in [0, 0.1) is 27.4 Å². The van der Waals surface area contributed by atoms with E-state index in [0.29, 0.717) is 17.2 Å². The van der Waals surface area contributed by atoms with Crippen LogP contribution in [0.4, 0.5) is 11.4 Å². The maximum Gasteiger partial charge on any atom is 0.292 e. The van der Waals surface area contributed by atoms with Crippen LogP contribution < -0.4 is 5.32 Å². The number of nitrogens with one attached hydrogen (secondary N) is 1.